The van der Waals surface area contributed by atoms with Crippen molar-refractivity contribution in [3.63, 3.8) is 0 Å². The number of hydrogen-bond donors (Lipinski definition) is 2. The van der Waals surface area contributed by atoms with Crippen molar-refractivity contribution in [1.82, 2.24) is 4.90 Å². The minimum absolute atomic E-state index is 0.114. The summed E-state index contributed by atoms with van der Waals surface area (Å²) in [6, 6.07) is 0. The van der Waals surface area contributed by atoms with Gasteiger partial charge in [0.15, 0.2) is 0 Å². The number of nitrogens with zero attached hydrogens (tertiary/aromatic N) is 1. The van der Waals surface area contributed by atoms with Crippen LogP contribution < -0.4 is 0 Å². The topological polar surface area (TPSA) is 70.0 Å². The Morgan fingerprint density at radius 2 is 1.68 bits per heavy atom. The second-order valence-corrected chi connectivity index (χ2v) is 14.4. The molecule has 5 nitrogen and oxygen atoms in total. The zero-order valence-electron chi connectivity index (χ0n) is 24.2. The molecule has 2 unspecified atom stereocenters. The van der Waals surface area contributed by atoms with Gasteiger partial charge >= 0.3 is 6.09 Å². The Kier molecular flexibility index (Phi) is 8.24. The highest BCUT2D eigenvalue weighted by Crippen LogP contribution is 2.69. The highest BCUT2D eigenvalue weighted by molar-refractivity contribution is 5.67. The Hall–Kier alpha value is -0.810. The predicted molar refractivity (Wildman–Crippen MR) is 147 cm³/mol. The maximum Gasteiger partial charge on any atom is 0.409 e. The van der Waals surface area contributed by atoms with Gasteiger partial charge in [-0.25, -0.2) is 4.79 Å². The molecule has 5 aliphatic rings. The number of ether oxygens (including phenoxy) is 1. The van der Waals surface area contributed by atoms with Gasteiger partial charge in [0.25, 0.3) is 0 Å². The Morgan fingerprint density at radius 1 is 0.973 bits per heavy atom. The van der Waals surface area contributed by atoms with Crippen LogP contribution in [0.1, 0.15) is 111 Å². The van der Waals surface area contributed by atoms with Gasteiger partial charge < -0.3 is 19.8 Å². The minimum Gasteiger partial charge on any atom is -0.449 e. The van der Waals surface area contributed by atoms with Crippen LogP contribution >= 0.6 is 0 Å². The number of fused-ring (bicyclic) bond motifs is 5. The molecule has 2 N–H and O–H groups in total. The molecule has 0 aromatic rings. The summed E-state index contributed by atoms with van der Waals surface area (Å²) in [5, 5.41) is 22.4. The molecule has 0 aromatic heterocycles. The lowest BCUT2D eigenvalue weighted by molar-refractivity contribution is -0.203. The average molecular weight is 518 g/mol. The van der Waals surface area contributed by atoms with Crippen molar-refractivity contribution in [1.29, 1.82) is 0 Å². The lowest BCUT2D eigenvalue weighted by atomic mass is 9.41. The van der Waals surface area contributed by atoms with Crippen LogP contribution in [0.15, 0.2) is 0 Å². The SMILES string of the molecule is CC[C@H]1[C@@H](O)C2[C@H](CC[C@]3(C)C([C@H](C)CCCOC(=O)N4CCCCC4)CC[C@@H]23)[C@@]2(C)CC[C@@H](O)C[C@@H]12. The van der Waals surface area contributed by atoms with Gasteiger partial charge in [-0.3, -0.25) is 0 Å². The number of hydrogen-bond acceptors (Lipinski definition) is 4. The summed E-state index contributed by atoms with van der Waals surface area (Å²) in [5.74, 6) is 3.75. The fraction of sp³-hybridized carbons (Fsp3) is 0.969. The number of likely N-dealkylation sites (tertiary alicyclic amines) is 1. The Balaban J connectivity index is 1.22. The molecule has 0 radical (unpaired) electrons. The Labute approximate surface area is 226 Å². The molecule has 5 rings (SSSR count). The zero-order chi connectivity index (χ0) is 26.4. The molecule has 0 bridgehead atoms. The number of aliphatic hydroxyl groups is 2. The van der Waals surface area contributed by atoms with E-state index in [0.29, 0.717) is 53.4 Å². The third-order valence-electron chi connectivity index (χ3n) is 12.8. The van der Waals surface area contributed by atoms with E-state index in [1.54, 1.807) is 0 Å². The summed E-state index contributed by atoms with van der Waals surface area (Å²) >= 11 is 0. The van der Waals surface area contributed by atoms with Crippen molar-refractivity contribution >= 4 is 6.09 Å². The Morgan fingerprint density at radius 3 is 2.41 bits per heavy atom. The maximum atomic E-state index is 12.4. The smallest absolute Gasteiger partial charge is 0.409 e. The molecule has 37 heavy (non-hydrogen) atoms. The monoisotopic (exact) mass is 517 g/mol. The van der Waals surface area contributed by atoms with Gasteiger partial charge in [-0.2, -0.15) is 0 Å². The van der Waals surface area contributed by atoms with Crippen molar-refractivity contribution in [2.24, 2.45) is 52.3 Å². The molecule has 4 aliphatic carbocycles. The molecule has 0 spiro atoms. The van der Waals surface area contributed by atoms with Gasteiger partial charge in [-0.1, -0.05) is 34.1 Å². The van der Waals surface area contributed by atoms with Crippen LogP contribution in [-0.4, -0.2) is 53.1 Å². The van der Waals surface area contributed by atoms with Crippen LogP contribution in [-0.2, 0) is 4.74 Å². The van der Waals surface area contributed by atoms with Crippen molar-refractivity contribution in [3.8, 4) is 0 Å². The molecule has 1 heterocycles. The first-order chi connectivity index (χ1) is 17.7. The molecule has 0 aromatic carbocycles. The fourth-order valence-electron chi connectivity index (χ4n) is 10.9. The number of rotatable bonds is 6. The highest BCUT2D eigenvalue weighted by Gasteiger charge is 2.64. The van der Waals surface area contributed by atoms with Gasteiger partial charge in [0.2, 0.25) is 0 Å². The highest BCUT2D eigenvalue weighted by atomic mass is 16.6. The number of carbonyl (C=O) groups excluding carboxylic acids is 1. The van der Waals surface area contributed by atoms with Crippen LogP contribution in [0.5, 0.6) is 0 Å². The van der Waals surface area contributed by atoms with E-state index >= 15 is 0 Å². The van der Waals surface area contributed by atoms with Crippen LogP contribution in [0.25, 0.3) is 0 Å². The molecular formula is C32H55NO4. The van der Waals surface area contributed by atoms with Gasteiger partial charge in [-0.15, -0.1) is 0 Å². The molecule has 1 saturated heterocycles. The average Bonchev–Trinajstić information content (AvgIpc) is 3.25. The summed E-state index contributed by atoms with van der Waals surface area (Å²) < 4.78 is 5.64. The van der Waals surface area contributed by atoms with Gasteiger partial charge in [0, 0.05) is 13.1 Å². The van der Waals surface area contributed by atoms with Gasteiger partial charge in [-0.05, 0) is 129 Å². The zero-order valence-corrected chi connectivity index (χ0v) is 24.2. The lowest BCUT2D eigenvalue weighted by Crippen LogP contribution is -2.62. The normalized spacial score (nSPS) is 46.5. The van der Waals surface area contributed by atoms with Gasteiger partial charge in [0.1, 0.15) is 0 Å². The second-order valence-electron chi connectivity index (χ2n) is 14.4. The first kappa shape index (κ1) is 27.7. The van der Waals surface area contributed by atoms with E-state index in [4.69, 9.17) is 4.74 Å². The van der Waals surface area contributed by atoms with E-state index in [-0.39, 0.29) is 23.7 Å². The van der Waals surface area contributed by atoms with Crippen LogP contribution in [0, 0.1) is 52.3 Å². The van der Waals surface area contributed by atoms with Crippen molar-refractivity contribution < 1.29 is 19.7 Å². The first-order valence-corrected chi connectivity index (χ1v) is 16.0. The van der Waals surface area contributed by atoms with E-state index in [1.165, 1.54) is 32.1 Å². The molecule has 5 fully saturated rings. The molecule has 1 aliphatic heterocycles. The van der Waals surface area contributed by atoms with E-state index in [1.807, 2.05) is 4.90 Å². The largest absolute Gasteiger partial charge is 0.449 e. The molecular weight excluding hydrogens is 462 g/mol. The number of carbonyl (C=O) groups is 1. The molecule has 11 atom stereocenters. The number of piperidine rings is 1. The van der Waals surface area contributed by atoms with Crippen molar-refractivity contribution in [2.45, 2.75) is 123 Å². The predicted octanol–water partition coefficient (Wildman–Crippen LogP) is 6.65. The number of aliphatic hydroxyl groups excluding tert-OH is 2. The van der Waals surface area contributed by atoms with E-state index in [0.717, 1.165) is 64.5 Å². The molecule has 212 valence electrons. The van der Waals surface area contributed by atoms with E-state index < -0.39 is 0 Å². The van der Waals surface area contributed by atoms with Crippen molar-refractivity contribution in [3.05, 3.63) is 0 Å². The molecule has 4 saturated carbocycles. The molecule has 5 heteroatoms. The quantitative estimate of drug-likeness (QED) is 0.387. The van der Waals surface area contributed by atoms with E-state index in [9.17, 15) is 15.0 Å². The van der Waals surface area contributed by atoms with Gasteiger partial charge in [0.05, 0.1) is 18.8 Å². The number of amides is 1. The van der Waals surface area contributed by atoms with E-state index in [2.05, 4.69) is 27.7 Å². The summed E-state index contributed by atoms with van der Waals surface area (Å²) in [7, 11) is 0. The third kappa shape index (κ3) is 4.87. The maximum absolute atomic E-state index is 12.4. The third-order valence-corrected chi connectivity index (χ3v) is 12.8. The second kappa shape index (κ2) is 11.0. The molecule has 1 amide bonds. The summed E-state index contributed by atoms with van der Waals surface area (Å²) in [4.78, 5) is 14.2. The summed E-state index contributed by atoms with van der Waals surface area (Å²) in [6.07, 6.45) is 14.0. The van der Waals surface area contributed by atoms with Crippen molar-refractivity contribution in [2.75, 3.05) is 19.7 Å². The van der Waals surface area contributed by atoms with Crippen LogP contribution in [0.3, 0.4) is 0 Å². The summed E-state index contributed by atoms with van der Waals surface area (Å²) in [5.41, 5.74) is 0.578. The van der Waals surface area contributed by atoms with Crippen LogP contribution in [0.4, 0.5) is 4.79 Å². The Bertz CT molecular complexity index is 798. The fourth-order valence-corrected chi connectivity index (χ4v) is 10.9. The first-order valence-electron chi connectivity index (χ1n) is 16.0. The lowest BCUT2D eigenvalue weighted by Gasteiger charge is -2.64. The standard InChI is InChI=1S/C32H55NO4/c1-5-23-27-20-22(34)13-15-32(27,4)26-14-16-31(3)24(11-12-25(31)28(26)29(23)35)21(2)10-9-19-37-30(36)33-17-7-6-8-18-33/h21-29,34-35H,5-20H2,1-4H3/t21-,22-,23-,24?,25+,26+,27+,28?,29-,31-,32-/m1/s1. The minimum atomic E-state index is -0.216. The summed E-state index contributed by atoms with van der Waals surface area (Å²) in [6.45, 7) is 12.0. The van der Waals surface area contributed by atoms with Crippen LogP contribution in [0.2, 0.25) is 0 Å².